The van der Waals surface area contributed by atoms with E-state index in [1.165, 1.54) is 16.3 Å². The van der Waals surface area contributed by atoms with E-state index < -0.39 is 8.32 Å². The smallest absolute Gasteiger partial charge is 0.219 e. The highest BCUT2D eigenvalue weighted by Gasteiger charge is 2.44. The molecule has 14 heavy (non-hydrogen) atoms. The van der Waals surface area contributed by atoms with E-state index in [0.717, 1.165) is 0 Å². The lowest BCUT2D eigenvalue weighted by Gasteiger charge is -2.23. The standard InChI is InChI=1S/C12H18OSi/c1-9-6-7-11-10(8-9)12(2,3)13-14(11,4)5/h6-8H,1-5H3. The molecule has 0 saturated heterocycles. The average molecular weight is 206 g/mol. The molecule has 0 aliphatic carbocycles. The molecule has 0 unspecified atom stereocenters. The Morgan fingerprint density at radius 2 is 1.86 bits per heavy atom. The normalized spacial score (nSPS) is 22.1. The van der Waals surface area contributed by atoms with E-state index in [2.05, 4.69) is 52.1 Å². The summed E-state index contributed by atoms with van der Waals surface area (Å²) in [6.45, 7) is 11.0. The monoisotopic (exact) mass is 206 g/mol. The third-order valence-electron chi connectivity index (χ3n) is 2.98. The van der Waals surface area contributed by atoms with Gasteiger partial charge in [0.05, 0.1) is 5.60 Å². The predicted molar refractivity (Wildman–Crippen MR) is 62.4 cm³/mol. The topological polar surface area (TPSA) is 9.23 Å². The second-order valence-electron chi connectivity index (χ2n) is 5.17. The van der Waals surface area contributed by atoms with Gasteiger partial charge in [-0.2, -0.15) is 0 Å². The fourth-order valence-corrected chi connectivity index (χ4v) is 5.43. The van der Waals surface area contributed by atoms with Crippen LogP contribution in [0.3, 0.4) is 0 Å². The van der Waals surface area contributed by atoms with E-state index in [0.29, 0.717) is 0 Å². The molecule has 0 aromatic heterocycles. The number of rotatable bonds is 0. The molecule has 1 aromatic carbocycles. The zero-order chi connectivity index (χ0) is 10.6. The van der Waals surface area contributed by atoms with Gasteiger partial charge in [-0.05, 0) is 44.6 Å². The Kier molecular flexibility index (Phi) is 1.92. The maximum atomic E-state index is 6.20. The van der Waals surface area contributed by atoms with Crippen molar-refractivity contribution < 1.29 is 4.43 Å². The van der Waals surface area contributed by atoms with Crippen LogP contribution in [0.4, 0.5) is 0 Å². The quantitative estimate of drug-likeness (QED) is 0.593. The lowest BCUT2D eigenvalue weighted by molar-refractivity contribution is 0.116. The fraction of sp³-hybridized carbons (Fsp3) is 0.500. The second-order valence-corrected chi connectivity index (χ2v) is 8.94. The van der Waals surface area contributed by atoms with Gasteiger partial charge < -0.3 is 4.43 Å². The first-order chi connectivity index (χ1) is 6.33. The van der Waals surface area contributed by atoms with Crippen LogP contribution in [0.15, 0.2) is 18.2 Å². The highest BCUT2D eigenvalue weighted by Crippen LogP contribution is 2.35. The van der Waals surface area contributed by atoms with E-state index in [1.807, 2.05) is 0 Å². The van der Waals surface area contributed by atoms with Gasteiger partial charge in [-0.1, -0.05) is 23.8 Å². The minimum absolute atomic E-state index is 0.0862. The Hall–Kier alpha value is -0.603. The molecule has 2 heteroatoms. The van der Waals surface area contributed by atoms with Crippen LogP contribution in [0.2, 0.25) is 13.1 Å². The Labute approximate surface area is 87.2 Å². The molecule has 2 rings (SSSR count). The largest absolute Gasteiger partial charge is 0.404 e. The summed E-state index contributed by atoms with van der Waals surface area (Å²) in [5, 5.41) is 1.47. The zero-order valence-electron chi connectivity index (χ0n) is 9.64. The van der Waals surface area contributed by atoms with Gasteiger partial charge in [0.15, 0.2) is 0 Å². The molecule has 1 nitrogen and oxygen atoms in total. The van der Waals surface area contributed by atoms with Gasteiger partial charge in [0.1, 0.15) is 0 Å². The summed E-state index contributed by atoms with van der Waals surface area (Å²) in [5.41, 5.74) is 2.64. The maximum Gasteiger partial charge on any atom is 0.219 e. The number of hydrogen-bond acceptors (Lipinski definition) is 1. The van der Waals surface area contributed by atoms with Crippen molar-refractivity contribution in [2.24, 2.45) is 0 Å². The van der Waals surface area contributed by atoms with Gasteiger partial charge in [-0.3, -0.25) is 0 Å². The van der Waals surface area contributed by atoms with E-state index in [-0.39, 0.29) is 5.60 Å². The first-order valence-corrected chi connectivity index (χ1v) is 8.05. The molecular formula is C12H18OSi. The summed E-state index contributed by atoms with van der Waals surface area (Å²) < 4.78 is 6.20. The van der Waals surface area contributed by atoms with Crippen molar-refractivity contribution in [1.82, 2.24) is 0 Å². The number of hydrogen-bond donors (Lipinski definition) is 0. The molecule has 0 amide bonds. The van der Waals surface area contributed by atoms with Crippen molar-refractivity contribution in [3.8, 4) is 0 Å². The molecule has 0 fully saturated rings. The molecule has 76 valence electrons. The van der Waals surface area contributed by atoms with Crippen LogP contribution in [0, 0.1) is 6.92 Å². The van der Waals surface area contributed by atoms with Gasteiger partial charge in [0.2, 0.25) is 8.32 Å². The van der Waals surface area contributed by atoms with Gasteiger partial charge in [-0.25, -0.2) is 0 Å². The molecule has 0 atom stereocenters. The van der Waals surface area contributed by atoms with E-state index in [4.69, 9.17) is 4.43 Å². The van der Waals surface area contributed by atoms with Gasteiger partial charge >= 0.3 is 0 Å². The average Bonchev–Trinajstić information content (AvgIpc) is 2.17. The Morgan fingerprint density at radius 3 is 2.50 bits per heavy atom. The van der Waals surface area contributed by atoms with Crippen molar-refractivity contribution in [3.05, 3.63) is 29.3 Å². The van der Waals surface area contributed by atoms with E-state index in [9.17, 15) is 0 Å². The van der Waals surface area contributed by atoms with Crippen LogP contribution < -0.4 is 5.19 Å². The Bertz CT molecular complexity index is 380. The third kappa shape index (κ3) is 1.33. The van der Waals surface area contributed by atoms with Crippen LogP contribution >= 0.6 is 0 Å². The second kappa shape index (κ2) is 2.71. The first kappa shape index (κ1) is 9.93. The minimum Gasteiger partial charge on any atom is -0.404 e. The van der Waals surface area contributed by atoms with Crippen molar-refractivity contribution in [2.45, 2.75) is 39.5 Å². The number of fused-ring (bicyclic) bond motifs is 1. The Morgan fingerprint density at radius 1 is 1.21 bits per heavy atom. The molecule has 1 heterocycles. The van der Waals surface area contributed by atoms with Gasteiger partial charge in [0.25, 0.3) is 0 Å². The third-order valence-corrected chi connectivity index (χ3v) is 5.74. The first-order valence-electron chi connectivity index (χ1n) is 5.15. The molecular weight excluding hydrogens is 188 g/mol. The van der Waals surface area contributed by atoms with Crippen LogP contribution in [-0.2, 0) is 10.0 Å². The summed E-state index contributed by atoms with van der Waals surface area (Å²) in [6.07, 6.45) is 0. The molecule has 1 aliphatic rings. The summed E-state index contributed by atoms with van der Waals surface area (Å²) in [4.78, 5) is 0. The van der Waals surface area contributed by atoms with Gasteiger partial charge in [-0.15, -0.1) is 0 Å². The zero-order valence-corrected chi connectivity index (χ0v) is 10.6. The van der Waals surface area contributed by atoms with E-state index >= 15 is 0 Å². The van der Waals surface area contributed by atoms with Crippen molar-refractivity contribution in [1.29, 1.82) is 0 Å². The number of aryl methyl sites for hydroxylation is 1. The lowest BCUT2D eigenvalue weighted by atomic mass is 9.97. The van der Waals surface area contributed by atoms with Crippen LogP contribution in [-0.4, -0.2) is 8.32 Å². The highest BCUT2D eigenvalue weighted by molar-refractivity contribution is 6.85. The summed E-state index contributed by atoms with van der Waals surface area (Å²) in [5.74, 6) is 0. The highest BCUT2D eigenvalue weighted by atomic mass is 28.4. The molecule has 0 bridgehead atoms. The molecule has 1 aliphatic heterocycles. The molecule has 0 radical (unpaired) electrons. The van der Waals surface area contributed by atoms with Crippen LogP contribution in [0.5, 0.6) is 0 Å². The minimum atomic E-state index is -1.62. The van der Waals surface area contributed by atoms with Gasteiger partial charge in [0, 0.05) is 0 Å². The van der Waals surface area contributed by atoms with Crippen molar-refractivity contribution in [3.63, 3.8) is 0 Å². The molecule has 0 saturated carbocycles. The van der Waals surface area contributed by atoms with Crippen molar-refractivity contribution >= 4 is 13.5 Å². The predicted octanol–water partition coefficient (Wildman–Crippen LogP) is 2.67. The van der Waals surface area contributed by atoms with E-state index in [1.54, 1.807) is 0 Å². The Balaban J connectivity index is 2.66. The SMILES string of the molecule is Cc1ccc2c(c1)C(C)(C)O[Si]2(C)C. The van der Waals surface area contributed by atoms with Crippen LogP contribution in [0.25, 0.3) is 0 Å². The molecule has 0 N–H and O–H groups in total. The molecule has 0 spiro atoms. The fourth-order valence-electron chi connectivity index (χ4n) is 2.43. The number of benzene rings is 1. The maximum absolute atomic E-state index is 6.20. The lowest BCUT2D eigenvalue weighted by Crippen LogP contribution is -2.40. The van der Waals surface area contributed by atoms with Crippen molar-refractivity contribution in [2.75, 3.05) is 0 Å². The molecule has 1 aromatic rings. The summed E-state index contributed by atoms with van der Waals surface area (Å²) in [6, 6.07) is 6.72. The summed E-state index contributed by atoms with van der Waals surface area (Å²) >= 11 is 0. The van der Waals surface area contributed by atoms with Crippen LogP contribution in [0.1, 0.15) is 25.0 Å². The summed E-state index contributed by atoms with van der Waals surface area (Å²) in [7, 11) is -1.62.